The smallest absolute Gasteiger partial charge is 0.258 e. The SMILES string of the molecule is COc1ccccc1CNC(=O)COc1ccc(F)c(Cl)c1. The number of hydrogen-bond acceptors (Lipinski definition) is 3. The number of ether oxygens (including phenoxy) is 2. The first kappa shape index (κ1) is 16.1. The molecule has 2 aromatic carbocycles. The summed E-state index contributed by atoms with van der Waals surface area (Å²) in [6, 6.07) is 11.3. The highest BCUT2D eigenvalue weighted by atomic mass is 35.5. The van der Waals surface area contributed by atoms with Crippen LogP contribution in [-0.4, -0.2) is 19.6 Å². The maximum absolute atomic E-state index is 13.0. The highest BCUT2D eigenvalue weighted by Crippen LogP contribution is 2.21. The molecule has 0 saturated heterocycles. The van der Waals surface area contributed by atoms with Crippen LogP contribution in [0.5, 0.6) is 11.5 Å². The van der Waals surface area contributed by atoms with Gasteiger partial charge in [0.15, 0.2) is 6.61 Å². The van der Waals surface area contributed by atoms with E-state index in [0.717, 1.165) is 5.56 Å². The molecule has 0 aliphatic heterocycles. The van der Waals surface area contributed by atoms with Crippen LogP contribution in [-0.2, 0) is 11.3 Å². The third kappa shape index (κ3) is 4.36. The van der Waals surface area contributed by atoms with Gasteiger partial charge in [0.25, 0.3) is 5.91 Å². The molecule has 2 aromatic rings. The lowest BCUT2D eigenvalue weighted by Crippen LogP contribution is -2.28. The minimum absolute atomic E-state index is 0.0491. The van der Waals surface area contributed by atoms with E-state index in [-0.39, 0.29) is 17.5 Å². The van der Waals surface area contributed by atoms with E-state index in [1.165, 1.54) is 18.2 Å². The fourth-order valence-corrected chi connectivity index (χ4v) is 1.98. The average Bonchev–Trinajstić information content (AvgIpc) is 2.54. The third-order valence-electron chi connectivity index (χ3n) is 2.93. The van der Waals surface area contributed by atoms with Crippen LogP contribution in [0.15, 0.2) is 42.5 Å². The van der Waals surface area contributed by atoms with Crippen molar-refractivity contribution in [3.8, 4) is 11.5 Å². The number of carbonyl (C=O) groups is 1. The van der Waals surface area contributed by atoms with Crippen LogP contribution in [0.3, 0.4) is 0 Å². The van der Waals surface area contributed by atoms with Crippen molar-refractivity contribution in [2.45, 2.75) is 6.54 Å². The molecule has 0 aromatic heterocycles. The zero-order valence-corrected chi connectivity index (χ0v) is 12.7. The van der Waals surface area contributed by atoms with Crippen molar-refractivity contribution in [2.24, 2.45) is 0 Å². The van der Waals surface area contributed by atoms with Crippen LogP contribution >= 0.6 is 11.6 Å². The summed E-state index contributed by atoms with van der Waals surface area (Å²) in [5, 5.41) is 2.67. The first-order valence-corrected chi connectivity index (χ1v) is 6.94. The van der Waals surface area contributed by atoms with Gasteiger partial charge in [0.1, 0.15) is 17.3 Å². The van der Waals surface area contributed by atoms with Crippen LogP contribution in [0.25, 0.3) is 0 Å². The molecule has 22 heavy (non-hydrogen) atoms. The minimum Gasteiger partial charge on any atom is -0.496 e. The van der Waals surface area contributed by atoms with Crippen molar-refractivity contribution in [1.29, 1.82) is 0 Å². The normalized spacial score (nSPS) is 10.1. The molecule has 0 radical (unpaired) electrons. The fraction of sp³-hybridized carbons (Fsp3) is 0.188. The van der Waals surface area contributed by atoms with Gasteiger partial charge in [0.05, 0.1) is 12.1 Å². The number of carbonyl (C=O) groups excluding carboxylic acids is 1. The Morgan fingerprint density at radius 3 is 2.77 bits per heavy atom. The Balaban J connectivity index is 1.84. The molecule has 1 amide bonds. The van der Waals surface area contributed by atoms with E-state index in [0.29, 0.717) is 18.0 Å². The lowest BCUT2D eigenvalue weighted by Gasteiger charge is -2.10. The molecule has 0 unspecified atom stereocenters. The molecule has 116 valence electrons. The Morgan fingerprint density at radius 2 is 2.05 bits per heavy atom. The summed E-state index contributed by atoms with van der Waals surface area (Å²) < 4.78 is 23.5. The predicted octanol–water partition coefficient (Wildman–Crippen LogP) is 3.18. The molecule has 0 bridgehead atoms. The first-order chi connectivity index (χ1) is 10.6. The van der Waals surface area contributed by atoms with Gasteiger partial charge < -0.3 is 14.8 Å². The van der Waals surface area contributed by atoms with Crippen LogP contribution in [0.1, 0.15) is 5.56 Å². The number of rotatable bonds is 6. The molecule has 0 fully saturated rings. The standard InChI is InChI=1S/C16H15ClFNO3/c1-21-15-5-3-2-4-11(15)9-19-16(20)10-22-12-6-7-14(18)13(17)8-12/h2-8H,9-10H2,1H3,(H,19,20). The van der Waals surface area contributed by atoms with Crippen LogP contribution in [0, 0.1) is 5.82 Å². The Labute approximate surface area is 132 Å². The lowest BCUT2D eigenvalue weighted by atomic mass is 10.2. The summed E-state index contributed by atoms with van der Waals surface area (Å²) in [6.45, 7) is 0.146. The number of nitrogens with one attached hydrogen (secondary N) is 1. The molecule has 0 aliphatic rings. The third-order valence-corrected chi connectivity index (χ3v) is 3.22. The van der Waals surface area contributed by atoms with Gasteiger partial charge in [-0.2, -0.15) is 0 Å². The van der Waals surface area contributed by atoms with Crippen molar-refractivity contribution < 1.29 is 18.7 Å². The summed E-state index contributed by atoms with van der Waals surface area (Å²) in [6.07, 6.45) is 0. The van der Waals surface area contributed by atoms with E-state index in [2.05, 4.69) is 5.32 Å². The first-order valence-electron chi connectivity index (χ1n) is 6.56. The zero-order valence-electron chi connectivity index (χ0n) is 11.9. The van der Waals surface area contributed by atoms with Crippen LogP contribution in [0.2, 0.25) is 5.02 Å². The number of methoxy groups -OCH3 is 1. The van der Waals surface area contributed by atoms with E-state index >= 15 is 0 Å². The monoisotopic (exact) mass is 323 g/mol. The van der Waals surface area contributed by atoms with Gasteiger partial charge in [0.2, 0.25) is 0 Å². The van der Waals surface area contributed by atoms with Gasteiger partial charge in [-0.1, -0.05) is 29.8 Å². The van der Waals surface area contributed by atoms with Crippen LogP contribution in [0.4, 0.5) is 4.39 Å². The molecular weight excluding hydrogens is 309 g/mol. The average molecular weight is 324 g/mol. The molecule has 0 heterocycles. The van der Waals surface area contributed by atoms with Crippen LogP contribution < -0.4 is 14.8 Å². The Bertz CT molecular complexity index is 664. The molecule has 0 atom stereocenters. The maximum Gasteiger partial charge on any atom is 0.258 e. The van der Waals surface area contributed by atoms with Crippen molar-refractivity contribution in [1.82, 2.24) is 5.32 Å². The number of benzene rings is 2. The molecule has 0 spiro atoms. The van der Waals surface area contributed by atoms with E-state index in [4.69, 9.17) is 21.1 Å². The minimum atomic E-state index is -0.533. The van der Waals surface area contributed by atoms with E-state index in [1.807, 2.05) is 24.3 Å². The van der Waals surface area contributed by atoms with Crippen molar-refractivity contribution >= 4 is 17.5 Å². The zero-order chi connectivity index (χ0) is 15.9. The topological polar surface area (TPSA) is 47.6 Å². The number of para-hydroxylation sites is 1. The second kappa shape index (κ2) is 7.66. The maximum atomic E-state index is 13.0. The van der Waals surface area contributed by atoms with E-state index in [9.17, 15) is 9.18 Å². The summed E-state index contributed by atoms with van der Waals surface area (Å²) >= 11 is 5.63. The van der Waals surface area contributed by atoms with Gasteiger partial charge in [-0.3, -0.25) is 4.79 Å². The van der Waals surface area contributed by atoms with Crippen molar-refractivity contribution in [3.05, 3.63) is 58.9 Å². The summed E-state index contributed by atoms with van der Waals surface area (Å²) in [4.78, 5) is 11.8. The predicted molar refractivity (Wildman–Crippen MR) is 81.7 cm³/mol. The van der Waals surface area contributed by atoms with Gasteiger partial charge in [-0.05, 0) is 18.2 Å². The number of amides is 1. The summed E-state index contributed by atoms with van der Waals surface area (Å²) in [5.74, 6) is 0.203. The Kier molecular flexibility index (Phi) is 5.61. The van der Waals surface area contributed by atoms with Gasteiger partial charge in [-0.15, -0.1) is 0 Å². The van der Waals surface area contributed by atoms with Gasteiger partial charge in [0, 0.05) is 18.2 Å². The Morgan fingerprint density at radius 1 is 1.27 bits per heavy atom. The molecule has 4 nitrogen and oxygen atoms in total. The van der Waals surface area contributed by atoms with E-state index < -0.39 is 5.82 Å². The highest BCUT2D eigenvalue weighted by molar-refractivity contribution is 6.30. The van der Waals surface area contributed by atoms with Crippen molar-refractivity contribution in [3.63, 3.8) is 0 Å². The Hall–Kier alpha value is -2.27. The second-order valence-electron chi connectivity index (χ2n) is 4.45. The largest absolute Gasteiger partial charge is 0.496 e. The lowest BCUT2D eigenvalue weighted by molar-refractivity contribution is -0.123. The summed E-state index contributed by atoms with van der Waals surface area (Å²) in [5.41, 5.74) is 0.864. The fourth-order valence-electron chi connectivity index (χ4n) is 1.81. The molecule has 6 heteroatoms. The summed E-state index contributed by atoms with van der Waals surface area (Å²) in [7, 11) is 1.57. The van der Waals surface area contributed by atoms with Gasteiger partial charge in [-0.25, -0.2) is 4.39 Å². The highest BCUT2D eigenvalue weighted by Gasteiger charge is 2.07. The molecule has 0 saturated carbocycles. The number of hydrogen-bond donors (Lipinski definition) is 1. The molecule has 2 rings (SSSR count). The van der Waals surface area contributed by atoms with Gasteiger partial charge >= 0.3 is 0 Å². The quantitative estimate of drug-likeness (QED) is 0.888. The van der Waals surface area contributed by atoms with E-state index in [1.54, 1.807) is 7.11 Å². The van der Waals surface area contributed by atoms with Crippen molar-refractivity contribution in [2.75, 3.05) is 13.7 Å². The number of halogens is 2. The molecule has 0 aliphatic carbocycles. The molecule has 1 N–H and O–H groups in total. The molecular formula is C16H15ClFNO3. The second-order valence-corrected chi connectivity index (χ2v) is 4.86.